The molecular weight excluding hydrogens is 299 g/mol. The largest absolute Gasteiger partial charge is 0.495 e. The Bertz CT molecular complexity index is 485. The predicted octanol–water partition coefficient (Wildman–Crippen LogP) is 3.85. The molecule has 0 aliphatic carbocycles. The van der Waals surface area contributed by atoms with Crippen LogP contribution in [0, 0.1) is 5.41 Å². The molecule has 4 nitrogen and oxygen atoms in total. The van der Waals surface area contributed by atoms with Crippen LogP contribution in [-0.2, 0) is 6.54 Å². The first-order valence-electron chi connectivity index (χ1n) is 6.26. The Hall–Kier alpha value is -1.13. The summed E-state index contributed by atoms with van der Waals surface area (Å²) in [5, 5.41) is 6.48. The van der Waals surface area contributed by atoms with Gasteiger partial charge in [-0.2, -0.15) is 0 Å². The highest BCUT2D eigenvalue weighted by Gasteiger charge is 2.13. The summed E-state index contributed by atoms with van der Waals surface area (Å²) in [7, 11) is 1.53. The Morgan fingerprint density at radius 2 is 1.90 bits per heavy atom. The summed E-state index contributed by atoms with van der Waals surface area (Å²) in [5.74, 6) is 0.521. The van der Waals surface area contributed by atoms with E-state index in [1.807, 2.05) is 20.8 Å². The Morgan fingerprint density at radius 3 is 2.45 bits per heavy atom. The molecule has 0 unspecified atom stereocenters. The minimum absolute atomic E-state index is 0.0361. The molecule has 6 heteroatoms. The summed E-state index contributed by atoms with van der Waals surface area (Å²) in [4.78, 5) is 11.7. The molecule has 112 valence electrons. The zero-order valence-electron chi connectivity index (χ0n) is 12.1. The SMILES string of the molecule is COc1c(Cl)cc(Cl)cc1CNC(=O)NCC(C)(C)C. The van der Waals surface area contributed by atoms with Gasteiger partial charge in [0.25, 0.3) is 0 Å². The Morgan fingerprint density at radius 1 is 1.25 bits per heavy atom. The lowest BCUT2D eigenvalue weighted by Crippen LogP contribution is -2.39. The Kier molecular flexibility index (Phi) is 5.96. The van der Waals surface area contributed by atoms with Gasteiger partial charge in [0, 0.05) is 23.7 Å². The molecule has 0 heterocycles. The average Bonchev–Trinajstić information content (AvgIpc) is 2.32. The fourth-order valence-corrected chi connectivity index (χ4v) is 2.17. The molecule has 0 saturated carbocycles. The van der Waals surface area contributed by atoms with Crippen molar-refractivity contribution in [3.8, 4) is 5.75 Å². The first-order valence-corrected chi connectivity index (χ1v) is 7.02. The first-order chi connectivity index (χ1) is 9.23. The first kappa shape index (κ1) is 16.9. The van der Waals surface area contributed by atoms with Crippen LogP contribution in [0.5, 0.6) is 5.75 Å². The number of carbonyl (C=O) groups excluding carboxylic acids is 1. The van der Waals surface area contributed by atoms with E-state index in [4.69, 9.17) is 27.9 Å². The molecule has 0 aliphatic rings. The highest BCUT2D eigenvalue weighted by atomic mass is 35.5. The fraction of sp³-hybridized carbons (Fsp3) is 0.500. The second-order valence-electron chi connectivity index (χ2n) is 5.68. The third kappa shape index (κ3) is 5.47. The quantitative estimate of drug-likeness (QED) is 0.886. The van der Waals surface area contributed by atoms with Gasteiger partial charge in [-0.25, -0.2) is 4.79 Å². The molecular formula is C14H20Cl2N2O2. The second-order valence-corrected chi connectivity index (χ2v) is 6.52. The lowest BCUT2D eigenvalue weighted by molar-refractivity contribution is 0.235. The molecule has 0 radical (unpaired) electrons. The summed E-state index contributed by atoms with van der Waals surface area (Å²) in [6.07, 6.45) is 0. The van der Waals surface area contributed by atoms with Crippen LogP contribution in [0.2, 0.25) is 10.0 Å². The van der Waals surface area contributed by atoms with Crippen LogP contribution in [0.4, 0.5) is 4.79 Å². The zero-order chi connectivity index (χ0) is 15.3. The zero-order valence-corrected chi connectivity index (χ0v) is 13.7. The highest BCUT2D eigenvalue weighted by molar-refractivity contribution is 6.35. The van der Waals surface area contributed by atoms with Crippen molar-refractivity contribution in [2.45, 2.75) is 27.3 Å². The topological polar surface area (TPSA) is 50.4 Å². The van der Waals surface area contributed by atoms with Gasteiger partial charge in [-0.3, -0.25) is 0 Å². The maximum atomic E-state index is 11.7. The molecule has 0 bridgehead atoms. The van der Waals surface area contributed by atoms with Crippen LogP contribution in [0.15, 0.2) is 12.1 Å². The molecule has 0 saturated heterocycles. The predicted molar refractivity (Wildman–Crippen MR) is 82.7 cm³/mol. The van der Waals surface area contributed by atoms with Crippen molar-refractivity contribution in [3.63, 3.8) is 0 Å². The van der Waals surface area contributed by atoms with E-state index < -0.39 is 0 Å². The maximum Gasteiger partial charge on any atom is 0.315 e. The van der Waals surface area contributed by atoms with Crippen molar-refractivity contribution in [3.05, 3.63) is 27.7 Å². The average molecular weight is 319 g/mol. The van der Waals surface area contributed by atoms with Crippen LogP contribution >= 0.6 is 23.2 Å². The summed E-state index contributed by atoms with van der Waals surface area (Å²) in [6.45, 7) is 7.03. The van der Waals surface area contributed by atoms with Crippen molar-refractivity contribution in [1.29, 1.82) is 0 Å². The number of nitrogens with one attached hydrogen (secondary N) is 2. The molecule has 0 spiro atoms. The van der Waals surface area contributed by atoms with Gasteiger partial charge in [0.15, 0.2) is 0 Å². The van der Waals surface area contributed by atoms with Crippen LogP contribution in [0.3, 0.4) is 0 Å². The number of hydrogen-bond acceptors (Lipinski definition) is 2. The van der Waals surface area contributed by atoms with Gasteiger partial charge in [0.05, 0.1) is 12.1 Å². The molecule has 0 atom stereocenters. The fourth-order valence-electron chi connectivity index (χ4n) is 1.56. The summed E-state index contributed by atoms with van der Waals surface area (Å²) >= 11 is 12.0. The lowest BCUT2D eigenvalue weighted by atomic mass is 9.97. The monoisotopic (exact) mass is 318 g/mol. The van der Waals surface area contributed by atoms with Crippen molar-refractivity contribution in [2.75, 3.05) is 13.7 Å². The van der Waals surface area contributed by atoms with Gasteiger partial charge in [0.2, 0.25) is 0 Å². The molecule has 2 amide bonds. The van der Waals surface area contributed by atoms with Crippen LogP contribution in [0.25, 0.3) is 0 Å². The van der Waals surface area contributed by atoms with Crippen molar-refractivity contribution >= 4 is 29.2 Å². The maximum absolute atomic E-state index is 11.7. The van der Waals surface area contributed by atoms with Gasteiger partial charge in [-0.05, 0) is 17.5 Å². The van der Waals surface area contributed by atoms with Gasteiger partial charge in [-0.1, -0.05) is 44.0 Å². The van der Waals surface area contributed by atoms with Gasteiger partial charge < -0.3 is 15.4 Å². The van der Waals surface area contributed by atoms with Crippen molar-refractivity contribution < 1.29 is 9.53 Å². The Balaban J connectivity index is 2.64. The minimum atomic E-state index is -0.238. The number of ether oxygens (including phenoxy) is 1. The van der Waals surface area contributed by atoms with Crippen LogP contribution in [0.1, 0.15) is 26.3 Å². The van der Waals surface area contributed by atoms with Gasteiger partial charge in [-0.15, -0.1) is 0 Å². The number of amides is 2. The van der Waals surface area contributed by atoms with E-state index in [1.165, 1.54) is 7.11 Å². The van der Waals surface area contributed by atoms with Crippen molar-refractivity contribution in [1.82, 2.24) is 10.6 Å². The van der Waals surface area contributed by atoms with E-state index in [-0.39, 0.29) is 11.4 Å². The highest BCUT2D eigenvalue weighted by Crippen LogP contribution is 2.32. The minimum Gasteiger partial charge on any atom is -0.495 e. The molecule has 0 fully saturated rings. The summed E-state index contributed by atoms with van der Waals surface area (Å²) in [5.41, 5.74) is 0.768. The van der Waals surface area contributed by atoms with E-state index in [1.54, 1.807) is 12.1 Å². The number of hydrogen-bond donors (Lipinski definition) is 2. The smallest absolute Gasteiger partial charge is 0.315 e. The normalized spacial score (nSPS) is 11.1. The second kappa shape index (κ2) is 7.04. The van der Waals surface area contributed by atoms with E-state index in [0.29, 0.717) is 28.9 Å². The molecule has 0 aromatic heterocycles. The molecule has 0 aliphatic heterocycles. The third-order valence-electron chi connectivity index (χ3n) is 2.51. The molecule has 1 aromatic rings. The summed E-state index contributed by atoms with van der Waals surface area (Å²) in [6, 6.07) is 3.08. The van der Waals surface area contributed by atoms with Gasteiger partial charge in [0.1, 0.15) is 5.75 Å². The standard InChI is InChI=1S/C14H20Cl2N2O2/c1-14(2,3)8-18-13(19)17-7-9-5-10(15)6-11(16)12(9)20-4/h5-6H,7-8H2,1-4H3,(H2,17,18,19). The number of halogens is 2. The number of carbonyl (C=O) groups is 1. The molecule has 2 N–H and O–H groups in total. The van der Waals surface area contributed by atoms with E-state index >= 15 is 0 Å². The van der Waals surface area contributed by atoms with Crippen LogP contribution < -0.4 is 15.4 Å². The van der Waals surface area contributed by atoms with E-state index in [9.17, 15) is 4.79 Å². The molecule has 1 aromatic carbocycles. The summed E-state index contributed by atoms with van der Waals surface area (Å²) < 4.78 is 5.22. The number of benzene rings is 1. The van der Waals surface area contributed by atoms with Crippen molar-refractivity contribution in [2.24, 2.45) is 5.41 Å². The molecule has 1 rings (SSSR count). The van der Waals surface area contributed by atoms with Crippen LogP contribution in [-0.4, -0.2) is 19.7 Å². The van der Waals surface area contributed by atoms with E-state index in [0.717, 1.165) is 5.56 Å². The van der Waals surface area contributed by atoms with E-state index in [2.05, 4.69) is 10.6 Å². The Labute approximate surface area is 129 Å². The lowest BCUT2D eigenvalue weighted by Gasteiger charge is -2.19. The third-order valence-corrected chi connectivity index (χ3v) is 3.01. The van der Waals surface area contributed by atoms with Gasteiger partial charge >= 0.3 is 6.03 Å². The number of urea groups is 1. The number of methoxy groups -OCH3 is 1. The molecule has 20 heavy (non-hydrogen) atoms. The number of rotatable bonds is 4.